The van der Waals surface area contributed by atoms with Crippen molar-refractivity contribution in [2.75, 3.05) is 14.2 Å². The number of benzene rings is 2. The Balaban J connectivity index is 1.87. The van der Waals surface area contributed by atoms with E-state index in [0.29, 0.717) is 40.2 Å². The van der Waals surface area contributed by atoms with Gasteiger partial charge in [0.2, 0.25) is 5.88 Å². The molecular weight excluding hydrogens is 475 g/mol. The fourth-order valence-corrected chi connectivity index (χ4v) is 4.59. The monoisotopic (exact) mass is 502 g/mol. The predicted molar refractivity (Wildman–Crippen MR) is 135 cm³/mol. The number of aromatic nitrogens is 2. The first-order valence-electron chi connectivity index (χ1n) is 10.9. The molecule has 2 aromatic carbocycles. The maximum Gasteiger partial charge on any atom is 0.232 e. The van der Waals surface area contributed by atoms with Crippen molar-refractivity contribution in [2.45, 2.75) is 45.5 Å². The van der Waals surface area contributed by atoms with Gasteiger partial charge < -0.3 is 18.3 Å². The average Bonchev–Trinajstić information content (AvgIpc) is 3.22. The Morgan fingerprint density at radius 3 is 2.47 bits per heavy atom. The summed E-state index contributed by atoms with van der Waals surface area (Å²) in [5.41, 5.74) is 3.13. The second-order valence-electron chi connectivity index (χ2n) is 9.71. The molecule has 0 bridgehead atoms. The van der Waals surface area contributed by atoms with Gasteiger partial charge in [0, 0.05) is 10.9 Å². The minimum atomic E-state index is -1.98. The number of ether oxygens (including phenoxy) is 2. The van der Waals surface area contributed by atoms with Gasteiger partial charge in [-0.3, -0.25) is 0 Å². The summed E-state index contributed by atoms with van der Waals surface area (Å²) in [6.07, 6.45) is 1.55. The normalized spacial score (nSPS) is 12.5. The fourth-order valence-electron chi connectivity index (χ4n) is 3.39. The van der Waals surface area contributed by atoms with Crippen LogP contribution in [-0.2, 0) is 11.0 Å². The van der Waals surface area contributed by atoms with Crippen molar-refractivity contribution in [3.63, 3.8) is 0 Å². The highest BCUT2D eigenvalue weighted by Gasteiger charge is 2.37. The summed E-state index contributed by atoms with van der Waals surface area (Å²) in [6.45, 7) is 11.4. The van der Waals surface area contributed by atoms with Crippen molar-refractivity contribution in [1.29, 1.82) is 0 Å². The van der Waals surface area contributed by atoms with Crippen LogP contribution in [-0.4, -0.2) is 32.5 Å². The molecule has 6 nitrogen and oxygen atoms in total. The van der Waals surface area contributed by atoms with Gasteiger partial charge in [-0.1, -0.05) is 32.4 Å². The van der Waals surface area contributed by atoms with Gasteiger partial charge in [0.05, 0.1) is 38.1 Å². The molecular formula is C25H28ClFN2O4Si. The van der Waals surface area contributed by atoms with Crippen LogP contribution in [0.2, 0.25) is 23.2 Å². The van der Waals surface area contributed by atoms with Crippen LogP contribution in [0.4, 0.5) is 4.39 Å². The van der Waals surface area contributed by atoms with Crippen molar-refractivity contribution < 1.29 is 22.7 Å². The molecule has 0 unspecified atom stereocenters. The van der Waals surface area contributed by atoms with E-state index in [9.17, 15) is 4.39 Å². The lowest BCUT2D eigenvalue weighted by Gasteiger charge is -2.36. The maximum atomic E-state index is 14.5. The number of methoxy groups -OCH3 is 2. The van der Waals surface area contributed by atoms with Gasteiger partial charge in [0.15, 0.2) is 25.5 Å². The van der Waals surface area contributed by atoms with Gasteiger partial charge in [-0.05, 0) is 48.0 Å². The van der Waals surface area contributed by atoms with Crippen LogP contribution in [0, 0.1) is 5.82 Å². The van der Waals surface area contributed by atoms with E-state index in [1.807, 2.05) is 12.1 Å². The summed E-state index contributed by atoms with van der Waals surface area (Å²) in [7, 11) is 0.961. The molecule has 9 heteroatoms. The molecule has 34 heavy (non-hydrogen) atoms. The lowest BCUT2D eigenvalue weighted by Crippen LogP contribution is -2.40. The fraction of sp³-hybridized carbons (Fsp3) is 0.360. The number of rotatable bonds is 6. The maximum absolute atomic E-state index is 14.5. The molecule has 0 fully saturated rings. The van der Waals surface area contributed by atoms with E-state index in [0.717, 1.165) is 5.56 Å². The van der Waals surface area contributed by atoms with Gasteiger partial charge in [-0.15, -0.1) is 0 Å². The molecule has 0 amide bonds. The van der Waals surface area contributed by atoms with Crippen LogP contribution < -0.4 is 9.47 Å². The topological polar surface area (TPSA) is 66.6 Å². The molecule has 0 aliphatic carbocycles. The summed E-state index contributed by atoms with van der Waals surface area (Å²) in [5.74, 6) is 0.280. The quantitative estimate of drug-likeness (QED) is 0.256. The Labute approximate surface area is 204 Å². The zero-order chi connectivity index (χ0) is 24.8. The lowest BCUT2D eigenvalue weighted by molar-refractivity contribution is 0.276. The minimum absolute atomic E-state index is 0.0516. The van der Waals surface area contributed by atoms with Crippen LogP contribution in [0.5, 0.6) is 11.6 Å². The largest absolute Gasteiger partial charge is 0.494 e. The second-order valence-corrected chi connectivity index (χ2v) is 14.9. The highest BCUT2D eigenvalue weighted by Crippen LogP contribution is 2.40. The van der Waals surface area contributed by atoms with Crippen molar-refractivity contribution >= 4 is 41.9 Å². The average molecular weight is 503 g/mol. The van der Waals surface area contributed by atoms with E-state index in [-0.39, 0.29) is 21.4 Å². The number of nitrogens with zero attached hydrogens (tertiary/aromatic N) is 2. The van der Waals surface area contributed by atoms with E-state index < -0.39 is 14.1 Å². The summed E-state index contributed by atoms with van der Waals surface area (Å²) in [4.78, 5) is 9.12. The molecule has 2 aromatic heterocycles. The number of fused-ring (bicyclic) bond motifs is 2. The molecule has 4 aromatic rings. The molecule has 0 saturated heterocycles. The standard InChI is InChI=1S/C25H28ClFN2O4Si/c1-25(2,3)34(6,7)32-13-14-8-16(23-17(9-14)29-20(31-5)12-28-23)18-10-15-11-19(30-4)22(27)21(26)24(15)33-18/h8-12H,13H2,1-7H3. The number of hydrogen-bond acceptors (Lipinski definition) is 6. The van der Waals surface area contributed by atoms with Crippen LogP contribution in [0.1, 0.15) is 26.3 Å². The van der Waals surface area contributed by atoms with Crippen molar-refractivity contribution in [3.05, 3.63) is 46.9 Å². The summed E-state index contributed by atoms with van der Waals surface area (Å²) in [5, 5.41) is 0.569. The molecule has 0 aliphatic rings. The van der Waals surface area contributed by atoms with Gasteiger partial charge in [0.25, 0.3) is 0 Å². The molecule has 0 saturated carbocycles. The van der Waals surface area contributed by atoms with Gasteiger partial charge in [-0.25, -0.2) is 14.4 Å². The molecule has 0 radical (unpaired) electrons. The van der Waals surface area contributed by atoms with Gasteiger partial charge >= 0.3 is 0 Å². The van der Waals surface area contributed by atoms with Crippen molar-refractivity contribution in [1.82, 2.24) is 9.97 Å². The molecule has 2 heterocycles. The molecule has 4 rings (SSSR count). The van der Waals surface area contributed by atoms with Gasteiger partial charge in [0.1, 0.15) is 10.8 Å². The Morgan fingerprint density at radius 2 is 1.82 bits per heavy atom. The van der Waals surface area contributed by atoms with E-state index in [1.54, 1.807) is 25.4 Å². The third-order valence-electron chi connectivity index (χ3n) is 6.44. The van der Waals surface area contributed by atoms with E-state index in [1.165, 1.54) is 7.11 Å². The number of furan rings is 1. The Hall–Kier alpha value is -2.68. The highest BCUT2D eigenvalue weighted by molar-refractivity contribution is 6.74. The first-order valence-corrected chi connectivity index (χ1v) is 14.2. The van der Waals surface area contributed by atoms with Crippen LogP contribution in [0.3, 0.4) is 0 Å². The predicted octanol–water partition coefficient (Wildman–Crippen LogP) is 7.37. The first kappa shape index (κ1) is 24.4. The summed E-state index contributed by atoms with van der Waals surface area (Å²) < 4.78 is 37.3. The van der Waals surface area contributed by atoms with Crippen molar-refractivity contribution in [3.8, 4) is 23.0 Å². The SMILES string of the molecule is COc1cnc2c(-c3cc4cc(OC)c(F)c(Cl)c4o3)cc(CO[Si](C)(C)C(C)(C)C)cc2n1. The zero-order valence-electron chi connectivity index (χ0n) is 20.4. The third-order valence-corrected chi connectivity index (χ3v) is 11.3. The Kier molecular flexibility index (Phi) is 6.35. The van der Waals surface area contributed by atoms with E-state index in [4.69, 9.17) is 29.9 Å². The number of halogens is 2. The van der Waals surface area contributed by atoms with Gasteiger partial charge in [-0.2, -0.15) is 0 Å². The lowest BCUT2D eigenvalue weighted by atomic mass is 10.1. The third kappa shape index (κ3) is 4.37. The van der Waals surface area contributed by atoms with Crippen LogP contribution in [0.15, 0.2) is 34.9 Å². The smallest absolute Gasteiger partial charge is 0.232 e. The first-order chi connectivity index (χ1) is 15.9. The molecule has 180 valence electrons. The Morgan fingerprint density at radius 1 is 1.09 bits per heavy atom. The molecule has 0 N–H and O–H groups in total. The van der Waals surface area contributed by atoms with Crippen LogP contribution >= 0.6 is 11.6 Å². The zero-order valence-corrected chi connectivity index (χ0v) is 22.1. The van der Waals surface area contributed by atoms with E-state index in [2.05, 4.69) is 43.8 Å². The minimum Gasteiger partial charge on any atom is -0.494 e. The van der Waals surface area contributed by atoms with Crippen LogP contribution in [0.25, 0.3) is 33.3 Å². The second kappa shape index (κ2) is 8.83. The number of hydrogen-bond donors (Lipinski definition) is 0. The molecule has 0 spiro atoms. The Bertz CT molecular complexity index is 1380. The molecule has 0 aliphatic heterocycles. The van der Waals surface area contributed by atoms with E-state index >= 15 is 0 Å². The highest BCUT2D eigenvalue weighted by atomic mass is 35.5. The summed E-state index contributed by atoms with van der Waals surface area (Å²) in [6, 6.07) is 7.27. The summed E-state index contributed by atoms with van der Waals surface area (Å²) >= 11 is 6.23. The van der Waals surface area contributed by atoms with Crippen molar-refractivity contribution in [2.24, 2.45) is 0 Å². The molecule has 0 atom stereocenters.